The van der Waals surface area contributed by atoms with Crippen LogP contribution >= 0.6 is 0 Å². The van der Waals surface area contributed by atoms with Crippen LogP contribution in [0.15, 0.2) is 0 Å². The topological polar surface area (TPSA) is 46.4 Å². The molecule has 0 aromatic rings. The summed E-state index contributed by atoms with van der Waals surface area (Å²) in [5.41, 5.74) is 0. The van der Waals surface area contributed by atoms with E-state index in [0.29, 0.717) is 6.54 Å². The second kappa shape index (κ2) is 4.05. The van der Waals surface area contributed by atoms with Crippen LogP contribution in [0, 0.1) is 0 Å². The van der Waals surface area contributed by atoms with Crippen molar-refractivity contribution in [1.29, 1.82) is 0 Å². The summed E-state index contributed by atoms with van der Waals surface area (Å²) in [4.78, 5) is 0. The summed E-state index contributed by atoms with van der Waals surface area (Å²) in [5, 5.41) is 16.4. The van der Waals surface area contributed by atoms with Gasteiger partial charge in [-0.2, -0.15) is 0 Å². The monoisotopic (exact) mass is 105 g/mol. The van der Waals surface area contributed by atoms with E-state index in [-0.39, 0.29) is 5.23 Å². The molecule has 7 heavy (non-hydrogen) atoms. The zero-order valence-corrected chi connectivity index (χ0v) is 4.46. The van der Waals surface area contributed by atoms with E-state index in [4.69, 9.17) is 10.4 Å². The highest BCUT2D eigenvalue weighted by molar-refractivity contribution is 4.33. The predicted molar refractivity (Wildman–Crippen MR) is 25.5 cm³/mol. The summed E-state index contributed by atoms with van der Waals surface area (Å²) >= 11 is 0. The number of hydrogen-bond acceptors (Lipinski definition) is 3. The van der Waals surface area contributed by atoms with Gasteiger partial charge in [0.15, 0.2) is 5.23 Å². The molecular formula is C4H11NO2+. The first-order valence-corrected chi connectivity index (χ1v) is 2.42. The standard InChI is InChI=1S/C4H11NO2/c1-2-3-4-5(6)7/h6-7H,2-4H2,1H3/q+1. The van der Waals surface area contributed by atoms with Crippen LogP contribution in [0.5, 0.6) is 0 Å². The van der Waals surface area contributed by atoms with Crippen molar-refractivity contribution in [2.24, 2.45) is 0 Å². The third-order valence-electron chi connectivity index (χ3n) is 0.712. The van der Waals surface area contributed by atoms with Crippen molar-refractivity contribution in [3.63, 3.8) is 0 Å². The van der Waals surface area contributed by atoms with Crippen LogP contribution in [0.25, 0.3) is 0 Å². The molecule has 0 unspecified atom stereocenters. The Labute approximate surface area is 43.1 Å². The van der Waals surface area contributed by atoms with Gasteiger partial charge in [0.05, 0.1) is 0 Å². The molecule has 0 aromatic carbocycles. The lowest BCUT2D eigenvalue weighted by Gasteiger charge is -1.87. The van der Waals surface area contributed by atoms with Crippen LogP contribution in [0.1, 0.15) is 19.8 Å². The fraction of sp³-hybridized carbons (Fsp3) is 1.00. The third-order valence-corrected chi connectivity index (χ3v) is 0.712. The average Bonchev–Trinajstić information content (AvgIpc) is 1.61. The van der Waals surface area contributed by atoms with Crippen LogP contribution in [-0.4, -0.2) is 17.0 Å². The van der Waals surface area contributed by atoms with E-state index in [1.54, 1.807) is 0 Å². The normalized spacial score (nSPS) is 10.3. The van der Waals surface area contributed by atoms with Crippen LogP contribution in [0.3, 0.4) is 0 Å². The Morgan fingerprint density at radius 1 is 1.43 bits per heavy atom. The van der Waals surface area contributed by atoms with Crippen molar-refractivity contribution in [1.82, 2.24) is 5.23 Å². The molecule has 0 heterocycles. The lowest BCUT2D eigenvalue weighted by Crippen LogP contribution is -2.21. The maximum absolute atomic E-state index is 8.07. The first-order valence-electron chi connectivity index (χ1n) is 2.42. The van der Waals surface area contributed by atoms with Crippen molar-refractivity contribution >= 4 is 0 Å². The minimum atomic E-state index is 0.212. The zero-order chi connectivity index (χ0) is 5.70. The summed E-state index contributed by atoms with van der Waals surface area (Å²) in [6.45, 7) is 2.33. The van der Waals surface area contributed by atoms with Crippen LogP contribution < -0.4 is 5.23 Å². The molecule has 0 aromatic heterocycles. The average molecular weight is 105 g/mol. The molecule has 0 fully saturated rings. The predicted octanol–water partition coefficient (Wildman–Crippen LogP) is 0.705. The highest BCUT2D eigenvalue weighted by atomic mass is 16.8. The molecule has 0 aliphatic heterocycles. The number of hydrogen-bond donors (Lipinski definition) is 2. The molecular weight excluding hydrogens is 94.0 g/mol. The molecule has 0 saturated heterocycles. The Kier molecular flexibility index (Phi) is 3.98. The quantitative estimate of drug-likeness (QED) is 0.519. The van der Waals surface area contributed by atoms with E-state index in [1.165, 1.54) is 0 Å². The second-order valence-corrected chi connectivity index (χ2v) is 1.45. The van der Waals surface area contributed by atoms with E-state index < -0.39 is 0 Å². The molecule has 2 N–H and O–H groups in total. The van der Waals surface area contributed by atoms with Gasteiger partial charge in [0.1, 0.15) is 0 Å². The van der Waals surface area contributed by atoms with Gasteiger partial charge in [0.25, 0.3) is 0 Å². The maximum Gasteiger partial charge on any atom is 0.201 e. The van der Waals surface area contributed by atoms with Gasteiger partial charge in [-0.1, -0.05) is 13.3 Å². The SMILES string of the molecule is CCCC[N+](O)O. The number of hydroxylamine groups is 2. The van der Waals surface area contributed by atoms with Crippen molar-refractivity contribution in [3.05, 3.63) is 0 Å². The van der Waals surface area contributed by atoms with E-state index in [2.05, 4.69) is 0 Å². The molecule has 0 bridgehead atoms. The minimum absolute atomic E-state index is 0.212. The van der Waals surface area contributed by atoms with Crippen LogP contribution in [-0.2, 0) is 0 Å². The van der Waals surface area contributed by atoms with Gasteiger partial charge >= 0.3 is 0 Å². The lowest BCUT2D eigenvalue weighted by atomic mass is 10.3. The highest BCUT2D eigenvalue weighted by Gasteiger charge is 2.02. The fourth-order valence-electron chi connectivity index (χ4n) is 0.300. The molecule has 0 aliphatic rings. The third kappa shape index (κ3) is 5.88. The molecule has 0 saturated carbocycles. The number of nitrogens with zero attached hydrogens (tertiary/aromatic N) is 1. The molecule has 0 spiro atoms. The zero-order valence-electron chi connectivity index (χ0n) is 4.46. The van der Waals surface area contributed by atoms with Gasteiger partial charge < -0.3 is 0 Å². The number of rotatable bonds is 3. The van der Waals surface area contributed by atoms with Crippen molar-refractivity contribution in [3.8, 4) is 0 Å². The van der Waals surface area contributed by atoms with E-state index in [1.807, 2.05) is 6.92 Å². The van der Waals surface area contributed by atoms with Gasteiger partial charge in [-0.15, -0.1) is 10.4 Å². The summed E-state index contributed by atoms with van der Waals surface area (Å²) in [7, 11) is 0. The number of unbranched alkanes of at least 4 members (excludes halogenated alkanes) is 1. The molecule has 3 nitrogen and oxygen atoms in total. The van der Waals surface area contributed by atoms with Gasteiger partial charge in [-0.25, -0.2) is 0 Å². The summed E-state index contributed by atoms with van der Waals surface area (Å²) < 4.78 is 0. The molecule has 0 aliphatic carbocycles. The first-order chi connectivity index (χ1) is 3.27. The maximum atomic E-state index is 8.07. The summed E-state index contributed by atoms with van der Waals surface area (Å²) in [6.07, 6.45) is 1.81. The fourth-order valence-corrected chi connectivity index (χ4v) is 0.300. The summed E-state index contributed by atoms with van der Waals surface area (Å²) in [5.74, 6) is 0. The first kappa shape index (κ1) is 6.88. The van der Waals surface area contributed by atoms with Gasteiger partial charge in [-0.3, -0.25) is 0 Å². The molecule has 0 atom stereocenters. The smallest absolute Gasteiger partial charge is 0.124 e. The van der Waals surface area contributed by atoms with Gasteiger partial charge in [0, 0.05) is 6.42 Å². The largest absolute Gasteiger partial charge is 0.201 e. The van der Waals surface area contributed by atoms with Crippen molar-refractivity contribution < 1.29 is 10.4 Å². The molecule has 1 radical (unpaired) electrons. The van der Waals surface area contributed by atoms with Crippen LogP contribution in [0.2, 0.25) is 0 Å². The van der Waals surface area contributed by atoms with E-state index in [9.17, 15) is 0 Å². The van der Waals surface area contributed by atoms with Crippen molar-refractivity contribution in [2.75, 3.05) is 6.54 Å². The Balaban J connectivity index is 2.68. The second-order valence-electron chi connectivity index (χ2n) is 1.45. The Bertz CT molecular complexity index is 38.7. The van der Waals surface area contributed by atoms with Gasteiger partial charge in [0.2, 0.25) is 6.54 Å². The van der Waals surface area contributed by atoms with Crippen molar-refractivity contribution in [2.45, 2.75) is 19.8 Å². The molecule has 3 heteroatoms. The Morgan fingerprint density at radius 2 is 2.00 bits per heavy atom. The van der Waals surface area contributed by atoms with Crippen LogP contribution in [0.4, 0.5) is 0 Å². The molecule has 0 rings (SSSR count). The highest BCUT2D eigenvalue weighted by Crippen LogP contribution is 1.83. The minimum Gasteiger partial charge on any atom is -0.124 e. The van der Waals surface area contributed by atoms with E-state index >= 15 is 0 Å². The summed E-state index contributed by atoms with van der Waals surface area (Å²) in [6, 6.07) is 0. The Morgan fingerprint density at radius 3 is 2.14 bits per heavy atom. The lowest BCUT2D eigenvalue weighted by molar-refractivity contribution is -0.205. The Hall–Kier alpha value is -0.120. The molecule has 43 valence electrons. The van der Waals surface area contributed by atoms with E-state index in [0.717, 1.165) is 12.8 Å². The molecule has 0 amide bonds. The van der Waals surface area contributed by atoms with Gasteiger partial charge in [-0.05, 0) is 0 Å².